The summed E-state index contributed by atoms with van der Waals surface area (Å²) < 4.78 is 0. The van der Waals surface area contributed by atoms with Crippen molar-refractivity contribution in [2.75, 3.05) is 0 Å². The molecule has 298 valence electrons. The Kier molecular flexibility index (Phi) is 6.83. The van der Waals surface area contributed by atoms with Crippen molar-refractivity contribution in [3.05, 3.63) is 127 Å². The number of aromatic nitrogens is 4. The zero-order chi connectivity index (χ0) is 42.6. The predicted molar refractivity (Wildman–Crippen MR) is 245 cm³/mol. The fraction of sp³-hybridized carbons (Fsp3) is 0.0400. The van der Waals surface area contributed by atoms with E-state index >= 15 is 0 Å². The summed E-state index contributed by atoms with van der Waals surface area (Å²) in [6.07, 6.45) is 8.09. The van der Waals surface area contributed by atoms with Crippen molar-refractivity contribution in [3.63, 3.8) is 0 Å². The standard InChI is InChI=1S/C30H16O8.C20H14N4/c1-7-3-9(31)19-23-15(7)16-8(2)4-10(32)20-24(16)28-26-18(12(34)6-14(36)22(26)30(20)38)17-11(33)5-13(35)21(29(19)37)25(17)27(23)28;1-2-14-10-16-5-6-18(23-16)12-20-8-7-19(24-20)11-17-4-3-15(22-17)9-13(1)21-14/h3-6,31-36H,1-2H3;1-12,21,24H. The van der Waals surface area contributed by atoms with E-state index in [4.69, 9.17) is 0 Å². The fourth-order valence-corrected chi connectivity index (χ4v) is 9.92. The number of fused-ring (bicyclic) bond motifs is 10. The number of nitrogens with zero attached hydrogens (tertiary/aromatic N) is 2. The molecule has 0 saturated heterocycles. The van der Waals surface area contributed by atoms with Gasteiger partial charge in [-0.05, 0) is 121 Å². The molecule has 0 fully saturated rings. The van der Waals surface area contributed by atoms with Gasteiger partial charge in [-0.25, -0.2) is 9.97 Å². The number of hydrogen-bond acceptors (Lipinski definition) is 10. The molecule has 0 aliphatic carbocycles. The van der Waals surface area contributed by atoms with Gasteiger partial charge in [0.15, 0.2) is 0 Å². The number of H-pyrrole nitrogens is 2. The fourth-order valence-electron chi connectivity index (χ4n) is 9.92. The smallest absolute Gasteiger partial charge is 0.201 e. The number of benzene rings is 8. The molecule has 62 heavy (non-hydrogen) atoms. The van der Waals surface area contributed by atoms with E-state index in [9.17, 15) is 40.2 Å². The normalized spacial score (nSPS) is 12.7. The van der Waals surface area contributed by atoms with Crippen molar-refractivity contribution in [1.29, 1.82) is 0 Å². The van der Waals surface area contributed by atoms with Gasteiger partial charge in [0.2, 0.25) is 10.9 Å². The number of aromatic hydroxyl groups is 6. The quantitative estimate of drug-likeness (QED) is 0.0536. The van der Waals surface area contributed by atoms with E-state index < -0.39 is 33.9 Å². The zero-order valence-corrected chi connectivity index (χ0v) is 32.6. The Morgan fingerprint density at radius 3 is 0.919 bits per heavy atom. The lowest BCUT2D eigenvalue weighted by molar-refractivity contribution is 0.455. The molecule has 0 spiro atoms. The number of aryl methyl sites for hydroxylation is 2. The average molecular weight is 815 g/mol. The van der Waals surface area contributed by atoms with Crippen molar-refractivity contribution < 1.29 is 30.6 Å². The van der Waals surface area contributed by atoms with Crippen LogP contribution in [0, 0.1) is 13.8 Å². The molecule has 0 amide bonds. The lowest BCUT2D eigenvalue weighted by Gasteiger charge is -2.25. The van der Waals surface area contributed by atoms with Crippen LogP contribution in [0.15, 0.2) is 82.4 Å². The molecule has 8 aromatic carbocycles. The summed E-state index contributed by atoms with van der Waals surface area (Å²) >= 11 is 0. The highest BCUT2D eigenvalue weighted by molar-refractivity contribution is 6.50. The van der Waals surface area contributed by atoms with Crippen LogP contribution in [-0.4, -0.2) is 50.6 Å². The maximum absolute atomic E-state index is 13.9. The Bertz CT molecular complexity index is 3670. The molecule has 0 atom stereocenters. The third kappa shape index (κ3) is 4.65. The van der Waals surface area contributed by atoms with Gasteiger partial charge in [0.25, 0.3) is 0 Å². The van der Waals surface area contributed by atoms with Crippen molar-refractivity contribution in [3.8, 4) is 34.5 Å². The number of rotatable bonds is 0. The minimum Gasteiger partial charge on any atom is -0.507 e. The van der Waals surface area contributed by atoms with E-state index in [2.05, 4.69) is 44.2 Å². The number of nitrogens with one attached hydrogen (secondary N) is 2. The van der Waals surface area contributed by atoms with Crippen LogP contribution in [0.5, 0.6) is 34.5 Å². The Morgan fingerprint density at radius 1 is 0.339 bits per heavy atom. The second-order valence-corrected chi connectivity index (χ2v) is 16.1. The molecule has 0 unspecified atom stereocenters. The first-order valence-corrected chi connectivity index (χ1v) is 19.7. The second-order valence-electron chi connectivity index (χ2n) is 16.1. The van der Waals surface area contributed by atoms with Gasteiger partial charge in [-0.1, -0.05) is 0 Å². The van der Waals surface area contributed by atoms with Gasteiger partial charge in [-0.2, -0.15) is 0 Å². The summed E-state index contributed by atoms with van der Waals surface area (Å²) in [5, 5.41) is 68.4. The van der Waals surface area contributed by atoms with Gasteiger partial charge in [-0.3, -0.25) is 9.59 Å². The van der Waals surface area contributed by atoms with Crippen molar-refractivity contribution in [1.82, 2.24) is 19.9 Å². The number of aromatic amines is 2. The van der Waals surface area contributed by atoms with Gasteiger partial charge in [0.05, 0.1) is 44.3 Å². The van der Waals surface area contributed by atoms with Gasteiger partial charge >= 0.3 is 0 Å². The van der Waals surface area contributed by atoms with Crippen LogP contribution in [0.25, 0.3) is 122 Å². The molecule has 11 aromatic rings. The van der Waals surface area contributed by atoms with Gasteiger partial charge in [0, 0.05) is 77.3 Å². The third-order valence-corrected chi connectivity index (χ3v) is 12.3. The zero-order valence-electron chi connectivity index (χ0n) is 32.6. The van der Waals surface area contributed by atoms with Crippen LogP contribution in [-0.2, 0) is 0 Å². The second kappa shape index (κ2) is 12.0. The molecule has 2 aliphatic heterocycles. The predicted octanol–water partition coefficient (Wildman–Crippen LogP) is 9.74. The van der Waals surface area contributed by atoms with Crippen LogP contribution >= 0.6 is 0 Å². The highest BCUT2D eigenvalue weighted by Gasteiger charge is 2.33. The summed E-state index contributed by atoms with van der Waals surface area (Å²) in [6.45, 7) is 3.51. The molecule has 13 rings (SSSR count). The third-order valence-electron chi connectivity index (χ3n) is 12.3. The van der Waals surface area contributed by atoms with Crippen molar-refractivity contribution in [2.24, 2.45) is 0 Å². The maximum atomic E-state index is 13.9. The average Bonchev–Trinajstić information content (AvgIpc) is 4.05. The highest BCUT2D eigenvalue weighted by atomic mass is 16.3. The van der Waals surface area contributed by atoms with Crippen LogP contribution in [0.4, 0.5) is 0 Å². The summed E-state index contributed by atoms with van der Waals surface area (Å²) in [7, 11) is 0. The minimum absolute atomic E-state index is 0.0211. The number of phenolic OH excluding ortho intramolecular Hbond substituents is 6. The van der Waals surface area contributed by atoms with E-state index in [1.54, 1.807) is 13.8 Å². The lowest BCUT2D eigenvalue weighted by Crippen LogP contribution is -2.10. The van der Waals surface area contributed by atoms with E-state index in [1.165, 1.54) is 12.1 Å². The van der Waals surface area contributed by atoms with Crippen LogP contribution in [0.3, 0.4) is 0 Å². The van der Waals surface area contributed by atoms with E-state index in [0.717, 1.165) is 57.0 Å². The molecule has 3 aromatic heterocycles. The summed E-state index contributed by atoms with van der Waals surface area (Å²) in [4.78, 5) is 43.8. The Hall–Kier alpha value is -8.64. The molecule has 0 saturated carbocycles. The van der Waals surface area contributed by atoms with E-state index in [0.29, 0.717) is 43.4 Å². The Labute approximate surface area is 346 Å². The van der Waals surface area contributed by atoms with Crippen molar-refractivity contribution >= 4 is 122 Å². The monoisotopic (exact) mass is 814 g/mol. The maximum Gasteiger partial charge on any atom is 0.201 e. The highest BCUT2D eigenvalue weighted by Crippen LogP contribution is 2.57. The molecular weight excluding hydrogens is 785 g/mol. The van der Waals surface area contributed by atoms with E-state index in [1.807, 2.05) is 48.6 Å². The summed E-state index contributed by atoms with van der Waals surface area (Å²) in [5.74, 6) is -2.51. The van der Waals surface area contributed by atoms with Crippen molar-refractivity contribution in [2.45, 2.75) is 13.8 Å². The molecular formula is C50H30N4O8. The Balaban J connectivity index is 0.000000147. The summed E-state index contributed by atoms with van der Waals surface area (Å²) in [5.41, 5.74) is 7.75. The van der Waals surface area contributed by atoms with Crippen LogP contribution in [0.2, 0.25) is 0 Å². The molecule has 5 heterocycles. The molecule has 8 N–H and O–H groups in total. The first kappa shape index (κ1) is 35.3. The minimum atomic E-state index is -0.661. The first-order valence-electron chi connectivity index (χ1n) is 19.7. The van der Waals surface area contributed by atoms with Gasteiger partial charge in [-0.15, -0.1) is 0 Å². The molecule has 12 nitrogen and oxygen atoms in total. The summed E-state index contributed by atoms with van der Waals surface area (Å²) in [6, 6.07) is 21.2. The SMILES string of the molecule is C1=Cc2cc3ccc(cc4nc(cc5ccc(cc1n2)[nH]5)C=C4)[nH]3.Cc1cc(O)c2c(=O)c3c(O)cc(O)c4c5c(O)cc(O)c6c(=O)c7c(O)cc(C)c8c1c2c(c34)c(c78)c65. The van der Waals surface area contributed by atoms with Crippen LogP contribution in [0.1, 0.15) is 33.9 Å². The van der Waals surface area contributed by atoms with Gasteiger partial charge < -0.3 is 40.6 Å². The lowest BCUT2D eigenvalue weighted by atomic mass is 9.78. The molecule has 8 bridgehead atoms. The van der Waals surface area contributed by atoms with Crippen LogP contribution < -0.4 is 10.9 Å². The molecule has 0 radical (unpaired) electrons. The first-order chi connectivity index (χ1) is 29.8. The van der Waals surface area contributed by atoms with Gasteiger partial charge in [0.1, 0.15) is 34.5 Å². The van der Waals surface area contributed by atoms with E-state index in [-0.39, 0.29) is 54.6 Å². The topological polar surface area (TPSA) is 213 Å². The number of hydrogen-bond donors (Lipinski definition) is 8. The molecule has 12 heteroatoms. The Morgan fingerprint density at radius 2 is 0.597 bits per heavy atom. The number of phenols is 6. The molecule has 2 aliphatic rings. The largest absolute Gasteiger partial charge is 0.507 e.